The topological polar surface area (TPSA) is 32.3 Å². The number of hydrogen-bond donors (Lipinski definition) is 1. The first-order valence-electron chi connectivity index (χ1n) is 6.53. The van der Waals surface area contributed by atoms with E-state index >= 15 is 0 Å². The quantitative estimate of drug-likeness (QED) is 0.903. The summed E-state index contributed by atoms with van der Waals surface area (Å²) < 4.78 is 1.02. The number of fused-ring (bicyclic) bond motifs is 1. The molecule has 0 fully saturated rings. The number of rotatable bonds is 2. The Hall–Kier alpha value is -1.81. The average molecular weight is 331 g/mol. The minimum Gasteiger partial charge on any atom is -0.378 e. The molecule has 0 aliphatic carbocycles. The average Bonchev–Trinajstić information content (AvgIpc) is 2.45. The summed E-state index contributed by atoms with van der Waals surface area (Å²) in [4.78, 5) is 13.8. The molecule has 2 aromatic carbocycles. The lowest BCUT2D eigenvalue weighted by Gasteiger charge is -2.32. The molecule has 102 valence electrons. The summed E-state index contributed by atoms with van der Waals surface area (Å²) in [5.41, 5.74) is 3.15. The maximum atomic E-state index is 12.1. The molecule has 1 heterocycles. The van der Waals surface area contributed by atoms with Crippen molar-refractivity contribution in [2.75, 3.05) is 17.3 Å². The molecule has 0 spiro atoms. The van der Waals surface area contributed by atoms with Gasteiger partial charge in [0, 0.05) is 22.9 Å². The molecule has 0 bridgehead atoms. The van der Waals surface area contributed by atoms with Crippen LogP contribution in [0.25, 0.3) is 0 Å². The van der Waals surface area contributed by atoms with Gasteiger partial charge in [-0.1, -0.05) is 40.2 Å². The summed E-state index contributed by atoms with van der Waals surface area (Å²) in [7, 11) is 1.83. The van der Waals surface area contributed by atoms with Crippen molar-refractivity contribution in [1.29, 1.82) is 0 Å². The number of hydrogen-bond acceptors (Lipinski definition) is 2. The van der Waals surface area contributed by atoms with Gasteiger partial charge in [0.2, 0.25) is 5.91 Å². The first-order chi connectivity index (χ1) is 9.65. The van der Waals surface area contributed by atoms with E-state index in [1.165, 1.54) is 0 Å². The number of carbonyl (C=O) groups excluding carboxylic acids is 1. The van der Waals surface area contributed by atoms with Crippen molar-refractivity contribution in [2.45, 2.75) is 12.5 Å². The highest BCUT2D eigenvalue weighted by atomic mass is 79.9. The van der Waals surface area contributed by atoms with Crippen molar-refractivity contribution >= 4 is 33.2 Å². The van der Waals surface area contributed by atoms with E-state index in [1.54, 1.807) is 4.90 Å². The summed E-state index contributed by atoms with van der Waals surface area (Å²) in [6.45, 7) is 0. The van der Waals surface area contributed by atoms with Crippen LogP contribution in [0.1, 0.15) is 18.0 Å². The number of nitrogens with one attached hydrogen (secondary N) is 1. The highest BCUT2D eigenvalue weighted by Gasteiger charge is 2.28. The van der Waals surface area contributed by atoms with Crippen LogP contribution in [-0.2, 0) is 4.79 Å². The number of amides is 1. The number of carbonyl (C=O) groups is 1. The zero-order chi connectivity index (χ0) is 14.1. The molecule has 1 amide bonds. The van der Waals surface area contributed by atoms with Crippen molar-refractivity contribution < 1.29 is 4.79 Å². The lowest BCUT2D eigenvalue weighted by molar-refractivity contribution is -0.118. The van der Waals surface area contributed by atoms with E-state index in [9.17, 15) is 4.79 Å². The number of halogens is 1. The first kappa shape index (κ1) is 13.2. The Bertz CT molecular complexity index is 656. The van der Waals surface area contributed by atoms with E-state index in [-0.39, 0.29) is 11.9 Å². The highest BCUT2D eigenvalue weighted by Crippen LogP contribution is 2.35. The molecular weight excluding hydrogens is 316 g/mol. The van der Waals surface area contributed by atoms with E-state index in [0.717, 1.165) is 21.4 Å². The van der Waals surface area contributed by atoms with E-state index in [1.807, 2.05) is 49.5 Å². The van der Waals surface area contributed by atoms with E-state index in [2.05, 4.69) is 27.3 Å². The summed E-state index contributed by atoms with van der Waals surface area (Å²) in [6.07, 6.45) is 0.472. The van der Waals surface area contributed by atoms with E-state index in [4.69, 9.17) is 0 Å². The van der Waals surface area contributed by atoms with Gasteiger partial charge in [-0.25, -0.2) is 0 Å². The largest absolute Gasteiger partial charge is 0.378 e. The lowest BCUT2D eigenvalue weighted by Crippen LogP contribution is -2.35. The smallest absolute Gasteiger partial charge is 0.229 e. The maximum Gasteiger partial charge on any atom is 0.229 e. The van der Waals surface area contributed by atoms with Gasteiger partial charge in [0.1, 0.15) is 0 Å². The zero-order valence-electron chi connectivity index (χ0n) is 11.1. The molecule has 0 radical (unpaired) electrons. The van der Waals surface area contributed by atoms with Crippen molar-refractivity contribution in [2.24, 2.45) is 0 Å². The Morgan fingerprint density at radius 3 is 2.80 bits per heavy atom. The van der Waals surface area contributed by atoms with Gasteiger partial charge in [0.25, 0.3) is 0 Å². The number of benzene rings is 2. The SMILES string of the molecule is CN1C(=O)CC(Nc2cccc(Br)c2)c2ccccc21. The molecular formula is C16H15BrN2O. The molecule has 3 nitrogen and oxygen atoms in total. The van der Waals surface area contributed by atoms with E-state index < -0.39 is 0 Å². The van der Waals surface area contributed by atoms with Gasteiger partial charge in [-0.2, -0.15) is 0 Å². The second-order valence-corrected chi connectivity index (χ2v) is 5.84. The standard InChI is InChI=1S/C16H15BrN2O/c1-19-15-8-3-2-7-13(15)14(10-16(19)20)18-12-6-4-5-11(17)9-12/h2-9,14,18H,10H2,1H3. The summed E-state index contributed by atoms with van der Waals surface area (Å²) >= 11 is 3.46. The molecule has 1 atom stereocenters. The minimum absolute atomic E-state index is 0.0178. The zero-order valence-corrected chi connectivity index (χ0v) is 12.7. The molecule has 0 aromatic heterocycles. The van der Waals surface area contributed by atoms with Crippen LogP contribution in [0.5, 0.6) is 0 Å². The molecule has 0 saturated carbocycles. The number of para-hydroxylation sites is 1. The summed E-state index contributed by atoms with van der Waals surface area (Å²) in [6, 6.07) is 16.1. The molecule has 2 aromatic rings. The third-order valence-corrected chi connectivity index (χ3v) is 4.09. The van der Waals surface area contributed by atoms with Gasteiger partial charge in [-0.15, -0.1) is 0 Å². The maximum absolute atomic E-state index is 12.1. The normalized spacial score (nSPS) is 17.8. The summed E-state index contributed by atoms with van der Waals surface area (Å²) in [5.74, 6) is 0.135. The number of anilines is 2. The Morgan fingerprint density at radius 2 is 2.00 bits per heavy atom. The second-order valence-electron chi connectivity index (χ2n) is 4.92. The molecule has 4 heteroatoms. The lowest BCUT2D eigenvalue weighted by atomic mass is 9.96. The van der Waals surface area contributed by atoms with Crippen LogP contribution < -0.4 is 10.2 Å². The van der Waals surface area contributed by atoms with Crippen LogP contribution in [-0.4, -0.2) is 13.0 Å². The number of nitrogens with zero attached hydrogens (tertiary/aromatic N) is 1. The molecule has 1 aliphatic rings. The highest BCUT2D eigenvalue weighted by molar-refractivity contribution is 9.10. The first-order valence-corrected chi connectivity index (χ1v) is 7.32. The van der Waals surface area contributed by atoms with Crippen molar-refractivity contribution in [3.05, 3.63) is 58.6 Å². The van der Waals surface area contributed by atoms with Crippen molar-refractivity contribution in [3.8, 4) is 0 Å². The Kier molecular flexibility index (Phi) is 3.49. The van der Waals surface area contributed by atoms with Crippen LogP contribution in [0.4, 0.5) is 11.4 Å². The van der Waals surface area contributed by atoms with Crippen molar-refractivity contribution in [1.82, 2.24) is 0 Å². The van der Waals surface area contributed by atoms with Gasteiger partial charge >= 0.3 is 0 Å². The predicted octanol–water partition coefficient (Wildman–Crippen LogP) is 3.97. The van der Waals surface area contributed by atoms with Crippen LogP contribution in [0.15, 0.2) is 53.0 Å². The van der Waals surface area contributed by atoms with Crippen LogP contribution >= 0.6 is 15.9 Å². The fourth-order valence-corrected chi connectivity index (χ4v) is 2.95. The third-order valence-electron chi connectivity index (χ3n) is 3.59. The monoisotopic (exact) mass is 330 g/mol. The predicted molar refractivity (Wildman–Crippen MR) is 85.0 cm³/mol. The van der Waals surface area contributed by atoms with Gasteiger partial charge in [-0.05, 0) is 29.8 Å². The molecule has 1 aliphatic heterocycles. The van der Waals surface area contributed by atoms with Gasteiger partial charge in [-0.3, -0.25) is 4.79 Å². The third kappa shape index (κ3) is 2.43. The molecule has 20 heavy (non-hydrogen) atoms. The minimum atomic E-state index is 0.0178. The molecule has 1 N–H and O–H groups in total. The Balaban J connectivity index is 1.94. The van der Waals surface area contributed by atoms with Gasteiger partial charge in [0.15, 0.2) is 0 Å². The Morgan fingerprint density at radius 1 is 1.20 bits per heavy atom. The fraction of sp³-hybridized carbons (Fsp3) is 0.188. The van der Waals surface area contributed by atoms with Gasteiger partial charge in [0.05, 0.1) is 12.5 Å². The van der Waals surface area contributed by atoms with Crippen LogP contribution in [0.2, 0.25) is 0 Å². The van der Waals surface area contributed by atoms with Crippen LogP contribution in [0.3, 0.4) is 0 Å². The van der Waals surface area contributed by atoms with Gasteiger partial charge < -0.3 is 10.2 Å². The van der Waals surface area contributed by atoms with Crippen molar-refractivity contribution in [3.63, 3.8) is 0 Å². The van der Waals surface area contributed by atoms with E-state index in [0.29, 0.717) is 6.42 Å². The second kappa shape index (κ2) is 5.29. The molecule has 1 unspecified atom stereocenters. The van der Waals surface area contributed by atoms with Crippen LogP contribution in [0, 0.1) is 0 Å². The fourth-order valence-electron chi connectivity index (χ4n) is 2.55. The molecule has 3 rings (SSSR count). The summed E-state index contributed by atoms with van der Waals surface area (Å²) in [5, 5.41) is 3.45. The molecule has 0 saturated heterocycles. The Labute approximate surface area is 126 Å².